The highest BCUT2D eigenvalue weighted by Crippen LogP contribution is 2.24. The van der Waals surface area contributed by atoms with Crippen LogP contribution in [0, 0.1) is 0 Å². The standard InChI is InChI=1S/C7H6Cl2N2O/c8-5-3-1-2-4(6(5)9)7(10)11-12/h1-3,12H,(H2,10,11). The van der Waals surface area contributed by atoms with Gasteiger partial charge in [0.25, 0.3) is 0 Å². The molecule has 0 unspecified atom stereocenters. The summed E-state index contributed by atoms with van der Waals surface area (Å²) in [7, 11) is 0. The maximum atomic E-state index is 8.36. The molecular formula is C7H6Cl2N2O. The fraction of sp³-hybridized carbons (Fsp3) is 0. The van der Waals surface area contributed by atoms with Crippen molar-refractivity contribution in [3.8, 4) is 0 Å². The summed E-state index contributed by atoms with van der Waals surface area (Å²) in [5.41, 5.74) is 5.74. The molecule has 0 radical (unpaired) electrons. The zero-order valence-electron chi connectivity index (χ0n) is 5.96. The number of hydrogen-bond acceptors (Lipinski definition) is 2. The Morgan fingerprint density at radius 1 is 1.42 bits per heavy atom. The van der Waals surface area contributed by atoms with Crippen LogP contribution in [0.15, 0.2) is 23.4 Å². The van der Waals surface area contributed by atoms with Gasteiger partial charge in [0.2, 0.25) is 0 Å². The van der Waals surface area contributed by atoms with E-state index in [4.69, 9.17) is 34.1 Å². The first-order chi connectivity index (χ1) is 5.66. The molecule has 0 spiro atoms. The van der Waals surface area contributed by atoms with Crippen LogP contribution in [0.1, 0.15) is 5.56 Å². The number of benzene rings is 1. The van der Waals surface area contributed by atoms with E-state index in [-0.39, 0.29) is 10.9 Å². The van der Waals surface area contributed by atoms with E-state index in [1.54, 1.807) is 18.2 Å². The van der Waals surface area contributed by atoms with E-state index in [1.807, 2.05) is 0 Å². The first-order valence-corrected chi connectivity index (χ1v) is 3.84. The molecule has 0 aromatic heterocycles. The van der Waals surface area contributed by atoms with Crippen LogP contribution in [0.25, 0.3) is 0 Å². The molecule has 12 heavy (non-hydrogen) atoms. The van der Waals surface area contributed by atoms with Crippen LogP contribution in [0.3, 0.4) is 0 Å². The first-order valence-electron chi connectivity index (χ1n) is 3.08. The third kappa shape index (κ3) is 1.62. The van der Waals surface area contributed by atoms with Gasteiger partial charge in [-0.1, -0.05) is 34.4 Å². The Labute approximate surface area is 79.4 Å². The molecule has 5 heteroatoms. The zero-order chi connectivity index (χ0) is 9.14. The number of amidine groups is 1. The lowest BCUT2D eigenvalue weighted by Gasteiger charge is -2.02. The van der Waals surface area contributed by atoms with E-state index >= 15 is 0 Å². The van der Waals surface area contributed by atoms with Gasteiger partial charge in [0.05, 0.1) is 10.0 Å². The molecule has 0 saturated carbocycles. The molecule has 0 fully saturated rings. The second kappa shape index (κ2) is 3.65. The molecule has 1 rings (SSSR count). The minimum atomic E-state index is -0.0532. The van der Waals surface area contributed by atoms with Crippen molar-refractivity contribution in [2.24, 2.45) is 10.9 Å². The lowest BCUT2D eigenvalue weighted by Crippen LogP contribution is -2.13. The average Bonchev–Trinajstić information content (AvgIpc) is 2.08. The summed E-state index contributed by atoms with van der Waals surface area (Å²) in [6.45, 7) is 0. The van der Waals surface area contributed by atoms with E-state index < -0.39 is 0 Å². The van der Waals surface area contributed by atoms with Gasteiger partial charge in [-0.05, 0) is 12.1 Å². The number of nitrogens with zero attached hydrogens (tertiary/aromatic N) is 1. The Kier molecular flexibility index (Phi) is 2.78. The molecule has 1 aromatic rings. The third-order valence-corrected chi connectivity index (χ3v) is 2.15. The number of halogens is 2. The fourth-order valence-corrected chi connectivity index (χ4v) is 1.15. The summed E-state index contributed by atoms with van der Waals surface area (Å²) in [5, 5.41) is 11.8. The summed E-state index contributed by atoms with van der Waals surface area (Å²) in [6.07, 6.45) is 0. The lowest BCUT2D eigenvalue weighted by molar-refractivity contribution is 0.318. The maximum Gasteiger partial charge on any atom is 0.171 e. The van der Waals surface area contributed by atoms with Crippen molar-refractivity contribution < 1.29 is 5.21 Å². The molecule has 0 aliphatic carbocycles. The highest BCUT2D eigenvalue weighted by molar-refractivity contribution is 6.43. The predicted molar refractivity (Wildman–Crippen MR) is 49.0 cm³/mol. The van der Waals surface area contributed by atoms with Gasteiger partial charge >= 0.3 is 0 Å². The molecule has 64 valence electrons. The van der Waals surface area contributed by atoms with Crippen molar-refractivity contribution in [2.45, 2.75) is 0 Å². The van der Waals surface area contributed by atoms with Gasteiger partial charge in [0.1, 0.15) is 0 Å². The van der Waals surface area contributed by atoms with Crippen LogP contribution >= 0.6 is 23.2 Å². The molecule has 0 atom stereocenters. The molecule has 0 heterocycles. The first kappa shape index (κ1) is 9.16. The normalized spacial score (nSPS) is 11.7. The van der Waals surface area contributed by atoms with Crippen molar-refractivity contribution >= 4 is 29.0 Å². The van der Waals surface area contributed by atoms with Gasteiger partial charge in [-0.3, -0.25) is 0 Å². The van der Waals surface area contributed by atoms with E-state index in [0.717, 1.165) is 0 Å². The van der Waals surface area contributed by atoms with Crippen molar-refractivity contribution in [1.82, 2.24) is 0 Å². The zero-order valence-corrected chi connectivity index (χ0v) is 7.47. The Hall–Kier alpha value is -0.930. The number of nitrogens with two attached hydrogens (primary N) is 1. The molecule has 0 aliphatic rings. The maximum absolute atomic E-state index is 8.36. The van der Waals surface area contributed by atoms with E-state index in [1.165, 1.54) is 0 Å². The molecule has 1 aromatic carbocycles. The van der Waals surface area contributed by atoms with Crippen LogP contribution in [-0.4, -0.2) is 11.0 Å². The Bertz CT molecular complexity index is 325. The Morgan fingerprint density at radius 2 is 2.08 bits per heavy atom. The number of rotatable bonds is 1. The third-order valence-electron chi connectivity index (χ3n) is 1.34. The number of hydrogen-bond donors (Lipinski definition) is 2. The highest BCUT2D eigenvalue weighted by atomic mass is 35.5. The summed E-state index contributed by atoms with van der Waals surface area (Å²) < 4.78 is 0. The van der Waals surface area contributed by atoms with Crippen LogP contribution in [-0.2, 0) is 0 Å². The average molecular weight is 205 g/mol. The van der Waals surface area contributed by atoms with Gasteiger partial charge in [-0.2, -0.15) is 0 Å². The largest absolute Gasteiger partial charge is 0.409 e. The summed E-state index contributed by atoms with van der Waals surface area (Å²) in [6, 6.07) is 4.91. The second-order valence-corrected chi connectivity index (χ2v) is 2.87. The van der Waals surface area contributed by atoms with Gasteiger partial charge in [0, 0.05) is 5.56 Å². The molecule has 0 amide bonds. The summed E-state index contributed by atoms with van der Waals surface area (Å²) in [4.78, 5) is 0. The fourth-order valence-electron chi connectivity index (χ4n) is 0.755. The molecule has 3 N–H and O–H groups in total. The molecule has 0 saturated heterocycles. The van der Waals surface area contributed by atoms with Crippen molar-refractivity contribution in [1.29, 1.82) is 0 Å². The summed E-state index contributed by atoms with van der Waals surface area (Å²) in [5.74, 6) is -0.0532. The number of oxime groups is 1. The minimum Gasteiger partial charge on any atom is -0.409 e. The van der Waals surface area contributed by atoms with Crippen molar-refractivity contribution in [2.75, 3.05) is 0 Å². The van der Waals surface area contributed by atoms with Gasteiger partial charge in [-0.25, -0.2) is 0 Å². The van der Waals surface area contributed by atoms with Gasteiger partial charge in [-0.15, -0.1) is 0 Å². The Morgan fingerprint density at radius 3 is 2.67 bits per heavy atom. The van der Waals surface area contributed by atoms with Crippen LogP contribution in [0.4, 0.5) is 0 Å². The predicted octanol–water partition coefficient (Wildman–Crippen LogP) is 2.09. The van der Waals surface area contributed by atoms with Crippen molar-refractivity contribution in [3.05, 3.63) is 33.8 Å². The van der Waals surface area contributed by atoms with Gasteiger partial charge in [0.15, 0.2) is 5.84 Å². The monoisotopic (exact) mass is 204 g/mol. The quantitative estimate of drug-likeness (QED) is 0.319. The van der Waals surface area contributed by atoms with Crippen molar-refractivity contribution in [3.63, 3.8) is 0 Å². The van der Waals surface area contributed by atoms with Crippen LogP contribution < -0.4 is 5.73 Å². The van der Waals surface area contributed by atoms with Crippen LogP contribution in [0.2, 0.25) is 10.0 Å². The van der Waals surface area contributed by atoms with E-state index in [0.29, 0.717) is 10.6 Å². The van der Waals surface area contributed by atoms with E-state index in [9.17, 15) is 0 Å². The highest BCUT2D eigenvalue weighted by Gasteiger charge is 2.07. The Balaban J connectivity index is 3.26. The second-order valence-electron chi connectivity index (χ2n) is 2.09. The molecule has 3 nitrogen and oxygen atoms in total. The lowest BCUT2D eigenvalue weighted by atomic mass is 10.2. The van der Waals surface area contributed by atoms with Gasteiger partial charge < -0.3 is 10.9 Å². The SMILES string of the molecule is NC(=NO)c1cccc(Cl)c1Cl. The smallest absolute Gasteiger partial charge is 0.171 e. The molecular weight excluding hydrogens is 199 g/mol. The molecule has 0 bridgehead atoms. The topological polar surface area (TPSA) is 58.6 Å². The minimum absolute atomic E-state index is 0.0532. The van der Waals surface area contributed by atoms with E-state index in [2.05, 4.69) is 5.16 Å². The summed E-state index contributed by atoms with van der Waals surface area (Å²) >= 11 is 11.5. The molecule has 0 aliphatic heterocycles. The van der Waals surface area contributed by atoms with Crippen LogP contribution in [0.5, 0.6) is 0 Å².